The molecule has 17 heavy (non-hydrogen) atoms. The van der Waals surface area contributed by atoms with E-state index in [0.29, 0.717) is 29.1 Å². The van der Waals surface area contributed by atoms with Crippen LogP contribution in [-0.4, -0.2) is 4.98 Å². The Hall–Kier alpha value is -1.40. The Kier molecular flexibility index (Phi) is 3.17. The predicted octanol–water partition coefficient (Wildman–Crippen LogP) is 3.29. The van der Waals surface area contributed by atoms with Crippen molar-refractivity contribution in [1.29, 1.82) is 0 Å². The largest absolute Gasteiger partial charge is 0.443 e. The summed E-state index contributed by atoms with van der Waals surface area (Å²) in [6.45, 7) is 0.408. The van der Waals surface area contributed by atoms with Crippen LogP contribution in [0.5, 0.6) is 0 Å². The van der Waals surface area contributed by atoms with Gasteiger partial charge in [0.05, 0.1) is 5.69 Å². The molecule has 0 aliphatic rings. The SMILES string of the molecule is NCc1ccc(-c2csc(C(F)(F)F)n2)cc1. The van der Waals surface area contributed by atoms with Gasteiger partial charge < -0.3 is 5.73 Å². The van der Waals surface area contributed by atoms with Gasteiger partial charge in [-0.15, -0.1) is 11.3 Å². The van der Waals surface area contributed by atoms with Crippen molar-refractivity contribution in [3.63, 3.8) is 0 Å². The van der Waals surface area contributed by atoms with E-state index in [-0.39, 0.29) is 0 Å². The lowest BCUT2D eigenvalue weighted by atomic mass is 10.1. The molecule has 0 atom stereocenters. The number of rotatable bonds is 2. The van der Waals surface area contributed by atoms with Crippen LogP contribution >= 0.6 is 11.3 Å². The first-order valence-corrected chi connectivity index (χ1v) is 5.71. The van der Waals surface area contributed by atoms with Crippen molar-refractivity contribution in [3.05, 3.63) is 40.2 Å². The van der Waals surface area contributed by atoms with Crippen molar-refractivity contribution in [2.45, 2.75) is 12.7 Å². The molecule has 1 aromatic heterocycles. The fourth-order valence-electron chi connectivity index (χ4n) is 1.35. The topological polar surface area (TPSA) is 38.9 Å². The molecule has 2 nitrogen and oxygen atoms in total. The van der Waals surface area contributed by atoms with Gasteiger partial charge in [-0.05, 0) is 5.56 Å². The minimum absolute atomic E-state index is 0.339. The zero-order chi connectivity index (χ0) is 12.5. The molecular formula is C11H9F3N2S. The minimum atomic E-state index is -4.37. The second-order valence-electron chi connectivity index (χ2n) is 3.44. The molecule has 0 saturated carbocycles. The molecule has 90 valence electrons. The van der Waals surface area contributed by atoms with Crippen LogP contribution in [0.1, 0.15) is 10.6 Å². The molecule has 2 rings (SSSR count). The highest BCUT2D eigenvalue weighted by Gasteiger charge is 2.34. The van der Waals surface area contributed by atoms with Crippen molar-refractivity contribution >= 4 is 11.3 Å². The fourth-order valence-corrected chi connectivity index (χ4v) is 2.04. The molecule has 0 amide bonds. The van der Waals surface area contributed by atoms with E-state index in [4.69, 9.17) is 5.73 Å². The summed E-state index contributed by atoms with van der Waals surface area (Å²) in [4.78, 5) is 3.57. The summed E-state index contributed by atoms with van der Waals surface area (Å²) in [5.74, 6) is 0. The van der Waals surface area contributed by atoms with Gasteiger partial charge in [0, 0.05) is 17.5 Å². The summed E-state index contributed by atoms with van der Waals surface area (Å²) in [5, 5.41) is 0.579. The Labute approximate surface area is 99.9 Å². The normalized spacial score (nSPS) is 11.8. The standard InChI is InChI=1S/C11H9F3N2S/c12-11(13,14)10-16-9(6-17-10)8-3-1-7(5-15)2-4-8/h1-4,6H,5,15H2. The van der Waals surface area contributed by atoms with Gasteiger partial charge in [-0.2, -0.15) is 13.2 Å². The van der Waals surface area contributed by atoms with E-state index in [0.717, 1.165) is 5.56 Å². The van der Waals surface area contributed by atoms with Gasteiger partial charge in [0.1, 0.15) is 0 Å². The number of alkyl halides is 3. The Morgan fingerprint density at radius 3 is 2.29 bits per heavy atom. The summed E-state index contributed by atoms with van der Waals surface area (Å²) in [6.07, 6.45) is -4.37. The van der Waals surface area contributed by atoms with Crippen LogP contribution < -0.4 is 5.73 Å². The number of hydrogen-bond acceptors (Lipinski definition) is 3. The Morgan fingerprint density at radius 1 is 1.18 bits per heavy atom. The highest BCUT2D eigenvalue weighted by molar-refractivity contribution is 7.10. The van der Waals surface area contributed by atoms with Crippen LogP contribution in [0.2, 0.25) is 0 Å². The smallest absolute Gasteiger partial charge is 0.326 e. The lowest BCUT2D eigenvalue weighted by molar-refractivity contribution is -0.137. The van der Waals surface area contributed by atoms with E-state index in [1.165, 1.54) is 5.38 Å². The molecule has 0 saturated heterocycles. The quantitative estimate of drug-likeness (QED) is 0.897. The molecule has 0 aliphatic heterocycles. The van der Waals surface area contributed by atoms with Crippen molar-refractivity contribution in [2.24, 2.45) is 5.73 Å². The zero-order valence-electron chi connectivity index (χ0n) is 8.66. The molecule has 1 heterocycles. The van der Waals surface area contributed by atoms with Gasteiger partial charge in [-0.25, -0.2) is 4.98 Å². The number of hydrogen-bond donors (Lipinski definition) is 1. The summed E-state index contributed by atoms with van der Waals surface area (Å²) >= 11 is 0.600. The maximum Gasteiger partial charge on any atom is 0.443 e. The highest BCUT2D eigenvalue weighted by atomic mass is 32.1. The lowest BCUT2D eigenvalue weighted by Gasteiger charge is -2.01. The van der Waals surface area contributed by atoms with Crippen LogP contribution in [0.4, 0.5) is 13.2 Å². The van der Waals surface area contributed by atoms with E-state index < -0.39 is 11.2 Å². The Bertz CT molecular complexity index is 502. The number of halogens is 3. The second kappa shape index (κ2) is 4.46. The summed E-state index contributed by atoms with van der Waals surface area (Å²) in [6, 6.07) is 7.00. The van der Waals surface area contributed by atoms with Crippen molar-refractivity contribution in [1.82, 2.24) is 4.98 Å². The highest BCUT2D eigenvalue weighted by Crippen LogP contribution is 2.34. The van der Waals surface area contributed by atoms with Gasteiger partial charge >= 0.3 is 6.18 Å². The molecule has 2 aromatic rings. The third-order valence-electron chi connectivity index (χ3n) is 2.23. The average molecular weight is 258 g/mol. The second-order valence-corrected chi connectivity index (χ2v) is 4.29. The molecule has 0 bridgehead atoms. The monoisotopic (exact) mass is 258 g/mol. The number of nitrogens with zero attached hydrogens (tertiary/aromatic N) is 1. The van der Waals surface area contributed by atoms with Crippen LogP contribution in [0.15, 0.2) is 29.6 Å². The molecule has 1 aromatic carbocycles. The first-order chi connectivity index (χ1) is 8.00. The van der Waals surface area contributed by atoms with Crippen LogP contribution in [-0.2, 0) is 12.7 Å². The third-order valence-corrected chi connectivity index (χ3v) is 3.12. The predicted molar refractivity (Wildman–Crippen MR) is 60.4 cm³/mol. The molecule has 2 N–H and O–H groups in total. The third kappa shape index (κ3) is 2.65. The average Bonchev–Trinajstić information content (AvgIpc) is 2.78. The first kappa shape index (κ1) is 12.1. The van der Waals surface area contributed by atoms with Gasteiger partial charge in [-0.3, -0.25) is 0 Å². The molecule has 0 fully saturated rings. The van der Waals surface area contributed by atoms with Crippen LogP contribution in [0.25, 0.3) is 11.3 Å². The molecule has 0 radical (unpaired) electrons. The molecule has 0 aliphatic carbocycles. The van der Waals surface area contributed by atoms with Gasteiger partial charge in [0.2, 0.25) is 0 Å². The number of nitrogens with two attached hydrogens (primary N) is 1. The summed E-state index contributed by atoms with van der Waals surface area (Å²) < 4.78 is 37.1. The number of thiazole rings is 1. The minimum Gasteiger partial charge on any atom is -0.326 e. The van der Waals surface area contributed by atoms with Crippen molar-refractivity contribution in [3.8, 4) is 11.3 Å². The Balaban J connectivity index is 2.30. The van der Waals surface area contributed by atoms with E-state index >= 15 is 0 Å². The molecule has 0 unspecified atom stereocenters. The van der Waals surface area contributed by atoms with E-state index in [2.05, 4.69) is 4.98 Å². The molecule has 0 spiro atoms. The number of benzene rings is 1. The number of aromatic nitrogens is 1. The van der Waals surface area contributed by atoms with E-state index in [1.54, 1.807) is 24.3 Å². The first-order valence-electron chi connectivity index (χ1n) is 4.83. The van der Waals surface area contributed by atoms with E-state index in [9.17, 15) is 13.2 Å². The Morgan fingerprint density at radius 2 is 1.82 bits per heavy atom. The zero-order valence-corrected chi connectivity index (χ0v) is 9.48. The van der Waals surface area contributed by atoms with Gasteiger partial charge in [0.25, 0.3) is 0 Å². The van der Waals surface area contributed by atoms with Gasteiger partial charge in [0.15, 0.2) is 5.01 Å². The summed E-state index contributed by atoms with van der Waals surface area (Å²) in [5.41, 5.74) is 7.37. The van der Waals surface area contributed by atoms with Crippen molar-refractivity contribution in [2.75, 3.05) is 0 Å². The van der Waals surface area contributed by atoms with Gasteiger partial charge in [-0.1, -0.05) is 24.3 Å². The molecule has 6 heteroatoms. The van der Waals surface area contributed by atoms with Crippen molar-refractivity contribution < 1.29 is 13.2 Å². The fraction of sp³-hybridized carbons (Fsp3) is 0.182. The van der Waals surface area contributed by atoms with E-state index in [1.807, 2.05) is 0 Å². The van der Waals surface area contributed by atoms with Crippen LogP contribution in [0.3, 0.4) is 0 Å². The maximum absolute atomic E-state index is 12.4. The maximum atomic E-state index is 12.4. The summed E-state index contributed by atoms with van der Waals surface area (Å²) in [7, 11) is 0. The lowest BCUT2D eigenvalue weighted by Crippen LogP contribution is -2.03. The molecular weight excluding hydrogens is 249 g/mol. The van der Waals surface area contributed by atoms with Crippen LogP contribution in [0, 0.1) is 0 Å².